The molecule has 0 bridgehead atoms. The Bertz CT molecular complexity index is 3900. The molecular weight excluding hydrogens is 767 g/mol. The Morgan fingerprint density at radius 2 is 0.852 bits per heavy atom. The molecule has 13 rings (SSSR count). The minimum absolute atomic E-state index is 0.628. The second-order valence-corrected chi connectivity index (χ2v) is 16.6. The van der Waals surface area contributed by atoms with Gasteiger partial charge in [-0.25, -0.2) is 15.0 Å². The predicted octanol–water partition coefficient (Wildman–Crippen LogP) is 15.5. The second kappa shape index (κ2) is 13.3. The van der Waals surface area contributed by atoms with Crippen molar-refractivity contribution in [1.29, 1.82) is 0 Å². The molecule has 4 heterocycles. The fourth-order valence-corrected chi connectivity index (χ4v) is 10.2. The summed E-state index contributed by atoms with van der Waals surface area (Å²) in [6.45, 7) is 0. The minimum atomic E-state index is 0.628. The molecule has 13 aromatic rings. The lowest BCUT2D eigenvalue weighted by Crippen LogP contribution is -2.00. The van der Waals surface area contributed by atoms with Crippen LogP contribution in [-0.2, 0) is 0 Å². The van der Waals surface area contributed by atoms with E-state index in [1.807, 2.05) is 36.4 Å². The summed E-state index contributed by atoms with van der Waals surface area (Å²) in [7, 11) is 0. The molecule has 61 heavy (non-hydrogen) atoms. The van der Waals surface area contributed by atoms with Crippen LogP contribution in [0, 0.1) is 0 Å². The third-order valence-electron chi connectivity index (χ3n) is 12.0. The van der Waals surface area contributed by atoms with Crippen molar-refractivity contribution in [3.63, 3.8) is 0 Å². The number of aromatic nitrogens is 3. The number of para-hydroxylation sites is 1. The van der Waals surface area contributed by atoms with Crippen molar-refractivity contribution in [3.8, 4) is 56.4 Å². The van der Waals surface area contributed by atoms with Crippen LogP contribution in [0.1, 0.15) is 0 Å². The van der Waals surface area contributed by atoms with Gasteiger partial charge in [-0.2, -0.15) is 0 Å². The highest BCUT2D eigenvalue weighted by atomic mass is 32.1. The van der Waals surface area contributed by atoms with Gasteiger partial charge in [-0.15, -0.1) is 11.3 Å². The lowest BCUT2D eigenvalue weighted by Gasteiger charge is -2.14. The van der Waals surface area contributed by atoms with Crippen molar-refractivity contribution in [1.82, 2.24) is 15.0 Å². The van der Waals surface area contributed by atoms with Gasteiger partial charge in [-0.3, -0.25) is 0 Å². The molecule has 9 aromatic carbocycles. The summed E-state index contributed by atoms with van der Waals surface area (Å²) < 4.78 is 15.3. The van der Waals surface area contributed by atoms with E-state index in [1.165, 1.54) is 20.2 Å². The fourth-order valence-electron chi connectivity index (χ4n) is 9.07. The fraction of sp³-hybridized carbons (Fsp3) is 0. The van der Waals surface area contributed by atoms with Crippen molar-refractivity contribution in [2.75, 3.05) is 0 Å². The average molecular weight is 798 g/mol. The van der Waals surface area contributed by atoms with Crippen LogP contribution in [0.2, 0.25) is 0 Å². The molecule has 0 amide bonds. The zero-order valence-corrected chi connectivity index (χ0v) is 33.3. The highest BCUT2D eigenvalue weighted by Crippen LogP contribution is 2.43. The van der Waals surface area contributed by atoms with Gasteiger partial charge in [0.1, 0.15) is 22.3 Å². The molecule has 0 spiro atoms. The highest BCUT2D eigenvalue weighted by molar-refractivity contribution is 7.25. The van der Waals surface area contributed by atoms with Crippen LogP contribution in [-0.4, -0.2) is 15.0 Å². The lowest BCUT2D eigenvalue weighted by atomic mass is 9.92. The Labute approximate surface area is 352 Å². The number of benzene rings is 9. The third kappa shape index (κ3) is 5.43. The number of furan rings is 2. The van der Waals surface area contributed by atoms with E-state index >= 15 is 0 Å². The molecule has 0 radical (unpaired) electrons. The minimum Gasteiger partial charge on any atom is -0.456 e. The first-order valence-corrected chi connectivity index (χ1v) is 21.1. The van der Waals surface area contributed by atoms with Gasteiger partial charge in [0.15, 0.2) is 17.5 Å². The van der Waals surface area contributed by atoms with E-state index in [2.05, 4.69) is 152 Å². The molecule has 0 fully saturated rings. The van der Waals surface area contributed by atoms with Crippen molar-refractivity contribution in [2.24, 2.45) is 0 Å². The molecule has 0 unspecified atom stereocenters. The Morgan fingerprint density at radius 3 is 1.69 bits per heavy atom. The van der Waals surface area contributed by atoms with Crippen molar-refractivity contribution < 1.29 is 8.83 Å². The van der Waals surface area contributed by atoms with Crippen LogP contribution in [0.3, 0.4) is 0 Å². The van der Waals surface area contributed by atoms with Gasteiger partial charge in [0.25, 0.3) is 0 Å². The molecule has 0 aliphatic rings. The van der Waals surface area contributed by atoms with E-state index in [9.17, 15) is 0 Å². The van der Waals surface area contributed by atoms with E-state index < -0.39 is 0 Å². The smallest absolute Gasteiger partial charge is 0.164 e. The molecule has 0 N–H and O–H groups in total. The molecule has 0 aliphatic heterocycles. The van der Waals surface area contributed by atoms with Gasteiger partial charge >= 0.3 is 0 Å². The van der Waals surface area contributed by atoms with E-state index in [1.54, 1.807) is 11.3 Å². The first-order chi connectivity index (χ1) is 30.2. The first kappa shape index (κ1) is 34.0. The molecule has 6 heteroatoms. The molecule has 284 valence electrons. The number of nitrogens with zero attached hydrogens (tertiary/aromatic N) is 3. The van der Waals surface area contributed by atoms with Crippen LogP contribution < -0.4 is 0 Å². The first-order valence-electron chi connectivity index (χ1n) is 20.3. The van der Waals surface area contributed by atoms with Gasteiger partial charge in [-0.05, 0) is 87.6 Å². The topological polar surface area (TPSA) is 65.0 Å². The quantitative estimate of drug-likeness (QED) is 0.174. The van der Waals surface area contributed by atoms with Crippen molar-refractivity contribution in [3.05, 3.63) is 188 Å². The summed E-state index contributed by atoms with van der Waals surface area (Å²) >= 11 is 1.79. The zero-order chi connectivity index (χ0) is 40.0. The number of fused-ring (bicyclic) bond motifs is 10. The van der Waals surface area contributed by atoms with E-state index in [0.717, 1.165) is 93.6 Å². The molecule has 0 saturated carbocycles. The summed E-state index contributed by atoms with van der Waals surface area (Å²) in [6.07, 6.45) is 0. The van der Waals surface area contributed by atoms with Gasteiger partial charge in [0.2, 0.25) is 0 Å². The number of hydrogen-bond acceptors (Lipinski definition) is 6. The Hall–Kier alpha value is -7.93. The summed E-state index contributed by atoms with van der Waals surface area (Å²) in [4.78, 5) is 15.4. The van der Waals surface area contributed by atoms with Gasteiger partial charge in [0, 0.05) is 58.4 Å². The number of rotatable bonds is 5. The molecule has 4 aromatic heterocycles. The summed E-state index contributed by atoms with van der Waals surface area (Å²) in [5, 5.41) is 9.06. The van der Waals surface area contributed by atoms with Crippen LogP contribution in [0.15, 0.2) is 197 Å². The van der Waals surface area contributed by atoms with Crippen LogP contribution in [0.5, 0.6) is 0 Å². The van der Waals surface area contributed by atoms with Gasteiger partial charge in [-0.1, -0.05) is 133 Å². The maximum Gasteiger partial charge on any atom is 0.164 e. The molecular formula is C55H31N3O2S. The predicted molar refractivity (Wildman–Crippen MR) is 252 cm³/mol. The van der Waals surface area contributed by atoms with Crippen LogP contribution in [0.4, 0.5) is 0 Å². The van der Waals surface area contributed by atoms with Crippen LogP contribution in [0.25, 0.3) is 131 Å². The molecule has 0 saturated heterocycles. The Kier molecular flexibility index (Phi) is 7.41. The van der Waals surface area contributed by atoms with E-state index in [0.29, 0.717) is 17.5 Å². The molecule has 0 atom stereocenters. The SMILES string of the molecule is c1ccc(-c2nc(-c3ccc4c(c3)sc3ccccc34)nc(-c3ccc(-c4cccc5oc6cc(-c7ccc8c(c7)oc7ccccc78)ccc6c45)c4ccccc34)n2)cc1. The monoisotopic (exact) mass is 797 g/mol. The summed E-state index contributed by atoms with van der Waals surface area (Å²) in [5.74, 6) is 1.91. The normalized spacial score (nSPS) is 11.9. The van der Waals surface area contributed by atoms with E-state index in [4.69, 9.17) is 23.8 Å². The maximum absolute atomic E-state index is 6.62. The Balaban J connectivity index is 0.944. The summed E-state index contributed by atoms with van der Waals surface area (Å²) in [5.41, 5.74) is 10.7. The zero-order valence-electron chi connectivity index (χ0n) is 32.5. The lowest BCUT2D eigenvalue weighted by molar-refractivity contribution is 0.668. The maximum atomic E-state index is 6.62. The Morgan fingerprint density at radius 1 is 0.295 bits per heavy atom. The standard InChI is InChI=1S/C55H31N3O2S/c1-2-11-32(12-3-1)53-56-54(35-23-25-42-41-16-7-9-20-50(41)61-51(42)31-35)58-55(57-53)44-28-27-38(36-13-4-5-14-37(36)44)43-17-10-19-47-52(43)45-26-22-34(30-49(45)60-47)33-21-24-40-39-15-6-8-18-46(39)59-48(40)29-33/h1-31H. The average Bonchev–Trinajstić information content (AvgIpc) is 4.02. The van der Waals surface area contributed by atoms with Crippen molar-refractivity contribution >= 4 is 86.2 Å². The van der Waals surface area contributed by atoms with Crippen molar-refractivity contribution in [2.45, 2.75) is 0 Å². The van der Waals surface area contributed by atoms with Gasteiger partial charge in [0.05, 0.1) is 0 Å². The number of hydrogen-bond donors (Lipinski definition) is 0. The van der Waals surface area contributed by atoms with Gasteiger partial charge < -0.3 is 8.83 Å². The third-order valence-corrected chi connectivity index (χ3v) is 13.1. The highest BCUT2D eigenvalue weighted by Gasteiger charge is 2.20. The van der Waals surface area contributed by atoms with Crippen LogP contribution >= 0.6 is 11.3 Å². The largest absolute Gasteiger partial charge is 0.456 e. The molecule has 0 aliphatic carbocycles. The second-order valence-electron chi connectivity index (χ2n) is 15.5. The van der Waals surface area contributed by atoms with E-state index in [-0.39, 0.29) is 0 Å². The summed E-state index contributed by atoms with van der Waals surface area (Å²) in [6, 6.07) is 65.6. The molecule has 5 nitrogen and oxygen atoms in total. The number of thiophene rings is 1.